The van der Waals surface area contributed by atoms with Gasteiger partial charge in [0.2, 0.25) is 0 Å². The van der Waals surface area contributed by atoms with Crippen LogP contribution in [0.5, 0.6) is 0 Å². The number of aromatic amines is 1. The molecule has 3 aliphatic heterocycles. The standard InChI is InChI=1S/C24H33N3/c1-15(2)23-11-19-13-26(12-18-10-9-16(3)27(23)24(18)19)14-22-17(4)20-7-5-6-8-21(20)25-22/h5-8,15,18-19,23-25H,3,9-14H2,1-2,4H3/t18-,19?,23?,24-/m1/s1. The predicted octanol–water partition coefficient (Wildman–Crippen LogP) is 4.93. The van der Waals surface area contributed by atoms with Crippen LogP contribution in [0.25, 0.3) is 10.9 Å². The van der Waals surface area contributed by atoms with Gasteiger partial charge in [-0.05, 0) is 55.6 Å². The number of allylic oxidation sites excluding steroid dienone is 1. The van der Waals surface area contributed by atoms with E-state index >= 15 is 0 Å². The molecule has 0 spiro atoms. The third-order valence-corrected chi connectivity index (χ3v) is 7.56. The second-order valence-electron chi connectivity index (χ2n) is 9.54. The maximum atomic E-state index is 4.45. The minimum absolute atomic E-state index is 0.699. The normalized spacial score (nSPS) is 31.1. The molecular weight excluding hydrogens is 330 g/mol. The fourth-order valence-corrected chi connectivity index (χ4v) is 6.28. The molecule has 0 aliphatic carbocycles. The molecular formula is C24H33N3. The van der Waals surface area contributed by atoms with Crippen molar-refractivity contribution in [3.63, 3.8) is 0 Å². The van der Waals surface area contributed by atoms with Crippen LogP contribution in [0.3, 0.4) is 0 Å². The van der Waals surface area contributed by atoms with E-state index in [2.05, 4.69) is 66.4 Å². The monoisotopic (exact) mass is 363 g/mol. The van der Waals surface area contributed by atoms with Crippen molar-refractivity contribution in [2.24, 2.45) is 17.8 Å². The number of hydrogen-bond acceptors (Lipinski definition) is 2. The molecule has 27 heavy (non-hydrogen) atoms. The molecule has 0 bridgehead atoms. The molecule has 1 N–H and O–H groups in total. The van der Waals surface area contributed by atoms with Crippen LogP contribution in [0.2, 0.25) is 0 Å². The number of rotatable bonds is 3. The van der Waals surface area contributed by atoms with Crippen LogP contribution in [-0.4, -0.2) is 40.0 Å². The number of piperidine rings is 2. The fraction of sp³-hybridized carbons (Fsp3) is 0.583. The highest BCUT2D eigenvalue weighted by Crippen LogP contribution is 2.48. The van der Waals surface area contributed by atoms with Gasteiger partial charge < -0.3 is 9.88 Å². The Kier molecular flexibility index (Phi) is 4.12. The van der Waals surface area contributed by atoms with Crippen molar-refractivity contribution in [2.45, 2.75) is 58.7 Å². The topological polar surface area (TPSA) is 22.3 Å². The quantitative estimate of drug-likeness (QED) is 0.835. The highest BCUT2D eigenvalue weighted by molar-refractivity contribution is 5.84. The largest absolute Gasteiger partial charge is 0.368 e. The zero-order chi connectivity index (χ0) is 18.7. The summed E-state index contributed by atoms with van der Waals surface area (Å²) in [7, 11) is 0. The zero-order valence-corrected chi connectivity index (χ0v) is 17.0. The number of H-pyrrole nitrogens is 1. The molecule has 3 nitrogen and oxygen atoms in total. The molecule has 3 saturated heterocycles. The number of likely N-dealkylation sites (tertiary alicyclic amines) is 1. The molecule has 3 aliphatic rings. The average Bonchev–Trinajstić information content (AvgIpc) is 3.19. The number of benzene rings is 1. The summed E-state index contributed by atoms with van der Waals surface area (Å²) in [4.78, 5) is 9.19. The smallest absolute Gasteiger partial charge is 0.0459 e. The van der Waals surface area contributed by atoms with Crippen LogP contribution in [0, 0.1) is 24.7 Å². The molecule has 3 heteroatoms. The number of nitrogens with zero attached hydrogens (tertiary/aromatic N) is 2. The van der Waals surface area contributed by atoms with E-state index in [9.17, 15) is 0 Å². The molecule has 3 fully saturated rings. The third kappa shape index (κ3) is 2.74. The van der Waals surface area contributed by atoms with Crippen LogP contribution < -0.4 is 0 Å². The van der Waals surface area contributed by atoms with Crippen molar-refractivity contribution in [1.29, 1.82) is 0 Å². The molecule has 1 aromatic heterocycles. The highest BCUT2D eigenvalue weighted by Gasteiger charge is 2.51. The molecule has 4 heterocycles. The Morgan fingerprint density at radius 2 is 1.96 bits per heavy atom. The summed E-state index contributed by atoms with van der Waals surface area (Å²) in [5.41, 5.74) is 5.53. The first-order valence-electron chi connectivity index (χ1n) is 10.8. The Morgan fingerprint density at radius 3 is 2.74 bits per heavy atom. The lowest BCUT2D eigenvalue weighted by molar-refractivity contribution is 0.0309. The second-order valence-corrected chi connectivity index (χ2v) is 9.54. The first kappa shape index (κ1) is 17.4. The van der Waals surface area contributed by atoms with Gasteiger partial charge in [0, 0.05) is 54.0 Å². The molecule has 2 aromatic rings. The Hall–Kier alpha value is -1.74. The maximum absolute atomic E-state index is 4.45. The minimum atomic E-state index is 0.699. The molecule has 0 radical (unpaired) electrons. The first-order chi connectivity index (χ1) is 13.0. The second kappa shape index (κ2) is 6.41. The minimum Gasteiger partial charge on any atom is -0.368 e. The van der Waals surface area contributed by atoms with Gasteiger partial charge in [-0.2, -0.15) is 0 Å². The number of fused-ring (bicyclic) bond motifs is 1. The molecule has 0 saturated carbocycles. The van der Waals surface area contributed by atoms with Gasteiger partial charge in [0.15, 0.2) is 0 Å². The van der Waals surface area contributed by atoms with E-state index in [1.807, 2.05) is 0 Å². The Morgan fingerprint density at radius 1 is 1.19 bits per heavy atom. The van der Waals surface area contributed by atoms with E-state index < -0.39 is 0 Å². The van der Waals surface area contributed by atoms with E-state index in [1.54, 1.807) is 0 Å². The van der Waals surface area contributed by atoms with Crippen molar-refractivity contribution in [2.75, 3.05) is 13.1 Å². The summed E-state index contributed by atoms with van der Waals surface area (Å²) in [6.45, 7) is 15.1. The molecule has 5 rings (SSSR count). The Labute approximate surface area is 163 Å². The first-order valence-corrected chi connectivity index (χ1v) is 10.8. The van der Waals surface area contributed by atoms with Crippen LogP contribution in [0.4, 0.5) is 0 Å². The van der Waals surface area contributed by atoms with Gasteiger partial charge in [0.1, 0.15) is 0 Å². The summed E-state index contributed by atoms with van der Waals surface area (Å²) >= 11 is 0. The lowest BCUT2D eigenvalue weighted by atomic mass is 9.79. The van der Waals surface area contributed by atoms with Crippen LogP contribution in [-0.2, 0) is 6.54 Å². The summed E-state index contributed by atoms with van der Waals surface area (Å²) in [6.07, 6.45) is 3.86. The highest BCUT2D eigenvalue weighted by atomic mass is 15.3. The van der Waals surface area contributed by atoms with E-state index in [4.69, 9.17) is 0 Å². The molecule has 4 atom stereocenters. The summed E-state index contributed by atoms with van der Waals surface area (Å²) in [5.74, 6) is 2.33. The SMILES string of the molecule is C=C1CC[C@@H]2CN(Cc3[nH]c4ccccc4c3C)CC3CC(C(C)C)N1[C@@H]32. The van der Waals surface area contributed by atoms with Gasteiger partial charge in [-0.15, -0.1) is 0 Å². The van der Waals surface area contributed by atoms with Gasteiger partial charge >= 0.3 is 0 Å². The third-order valence-electron chi connectivity index (χ3n) is 7.56. The van der Waals surface area contributed by atoms with Crippen LogP contribution in [0.1, 0.15) is 44.4 Å². The van der Waals surface area contributed by atoms with E-state index in [-0.39, 0.29) is 0 Å². The molecule has 144 valence electrons. The lowest BCUT2D eigenvalue weighted by Crippen LogP contribution is -2.54. The van der Waals surface area contributed by atoms with E-state index in [0.717, 1.165) is 30.3 Å². The fourth-order valence-electron chi connectivity index (χ4n) is 6.28. The number of aryl methyl sites for hydroxylation is 1. The van der Waals surface area contributed by atoms with Crippen molar-refractivity contribution in [1.82, 2.24) is 14.8 Å². The van der Waals surface area contributed by atoms with Crippen molar-refractivity contribution < 1.29 is 0 Å². The maximum Gasteiger partial charge on any atom is 0.0459 e. The number of nitrogens with one attached hydrogen (secondary N) is 1. The van der Waals surface area contributed by atoms with Crippen LogP contribution >= 0.6 is 0 Å². The van der Waals surface area contributed by atoms with Crippen molar-refractivity contribution >= 4 is 10.9 Å². The summed E-state index contributed by atoms with van der Waals surface area (Å²) < 4.78 is 0. The van der Waals surface area contributed by atoms with Crippen LogP contribution in [0.15, 0.2) is 36.5 Å². The molecule has 2 unspecified atom stereocenters. The average molecular weight is 364 g/mol. The van der Waals surface area contributed by atoms with Crippen molar-refractivity contribution in [3.8, 4) is 0 Å². The van der Waals surface area contributed by atoms with E-state index in [0.29, 0.717) is 6.04 Å². The van der Waals surface area contributed by atoms with Gasteiger partial charge in [-0.3, -0.25) is 4.90 Å². The van der Waals surface area contributed by atoms with Gasteiger partial charge in [0.25, 0.3) is 0 Å². The number of para-hydroxylation sites is 1. The number of hydrogen-bond donors (Lipinski definition) is 1. The van der Waals surface area contributed by atoms with Gasteiger partial charge in [-0.1, -0.05) is 38.6 Å². The summed E-state index contributed by atoms with van der Waals surface area (Å²) in [5, 5.41) is 1.38. The number of aromatic nitrogens is 1. The van der Waals surface area contributed by atoms with Crippen molar-refractivity contribution in [3.05, 3.63) is 47.8 Å². The molecule has 1 aromatic carbocycles. The zero-order valence-electron chi connectivity index (χ0n) is 17.0. The summed E-state index contributed by atoms with van der Waals surface area (Å²) in [6, 6.07) is 10.2. The lowest BCUT2D eigenvalue weighted by Gasteiger charge is -2.49. The van der Waals surface area contributed by atoms with E-state index in [1.165, 1.54) is 60.2 Å². The van der Waals surface area contributed by atoms with Gasteiger partial charge in [-0.25, -0.2) is 0 Å². The van der Waals surface area contributed by atoms with Gasteiger partial charge in [0.05, 0.1) is 0 Å². The Balaban J connectivity index is 1.39. The molecule has 0 amide bonds. The predicted molar refractivity (Wildman–Crippen MR) is 113 cm³/mol. The Bertz CT molecular complexity index is 864.